The SMILES string of the molecule is CO[C@H]1CCCN(C(=O)CCN)[C@H]1Cc1ccccc1F.Cl. The van der Waals surface area contributed by atoms with Crippen molar-refractivity contribution >= 4 is 18.3 Å². The molecule has 2 N–H and O–H groups in total. The van der Waals surface area contributed by atoms with Crippen molar-refractivity contribution in [2.45, 2.75) is 37.8 Å². The van der Waals surface area contributed by atoms with Crippen molar-refractivity contribution in [1.29, 1.82) is 0 Å². The number of carbonyl (C=O) groups excluding carboxylic acids is 1. The lowest BCUT2D eigenvalue weighted by atomic mass is 9.92. The Bertz CT molecular complexity index is 487. The number of amides is 1. The van der Waals surface area contributed by atoms with Crippen LogP contribution in [0.15, 0.2) is 24.3 Å². The molecule has 0 aromatic heterocycles. The highest BCUT2D eigenvalue weighted by Crippen LogP contribution is 2.25. The van der Waals surface area contributed by atoms with Gasteiger partial charge in [-0.2, -0.15) is 0 Å². The fourth-order valence-electron chi connectivity index (χ4n) is 3.00. The lowest BCUT2D eigenvalue weighted by Gasteiger charge is -2.41. The molecule has 124 valence electrons. The minimum Gasteiger partial charge on any atom is -0.379 e. The van der Waals surface area contributed by atoms with E-state index in [1.807, 2.05) is 11.0 Å². The Morgan fingerprint density at radius 2 is 2.18 bits per heavy atom. The predicted molar refractivity (Wildman–Crippen MR) is 86.6 cm³/mol. The van der Waals surface area contributed by atoms with E-state index in [1.54, 1.807) is 19.2 Å². The summed E-state index contributed by atoms with van der Waals surface area (Å²) in [5, 5.41) is 0. The lowest BCUT2D eigenvalue weighted by Crippen LogP contribution is -2.53. The summed E-state index contributed by atoms with van der Waals surface area (Å²) in [6.07, 6.45) is 2.54. The van der Waals surface area contributed by atoms with E-state index in [9.17, 15) is 9.18 Å². The smallest absolute Gasteiger partial charge is 0.224 e. The van der Waals surface area contributed by atoms with Crippen LogP contribution in [0.25, 0.3) is 0 Å². The largest absolute Gasteiger partial charge is 0.379 e. The molecule has 1 aromatic carbocycles. The van der Waals surface area contributed by atoms with Crippen molar-refractivity contribution in [3.8, 4) is 0 Å². The zero-order valence-electron chi connectivity index (χ0n) is 12.8. The quantitative estimate of drug-likeness (QED) is 0.900. The number of rotatable bonds is 5. The van der Waals surface area contributed by atoms with Crippen molar-refractivity contribution in [2.75, 3.05) is 20.2 Å². The van der Waals surface area contributed by atoms with Gasteiger partial charge in [0.15, 0.2) is 0 Å². The van der Waals surface area contributed by atoms with E-state index >= 15 is 0 Å². The lowest BCUT2D eigenvalue weighted by molar-refractivity contribution is -0.139. The van der Waals surface area contributed by atoms with Crippen LogP contribution in [0.4, 0.5) is 4.39 Å². The summed E-state index contributed by atoms with van der Waals surface area (Å²) in [6.45, 7) is 1.03. The topological polar surface area (TPSA) is 55.6 Å². The summed E-state index contributed by atoms with van der Waals surface area (Å²) >= 11 is 0. The van der Waals surface area contributed by atoms with Gasteiger partial charge in [0.25, 0.3) is 0 Å². The Morgan fingerprint density at radius 3 is 2.82 bits per heavy atom. The maximum Gasteiger partial charge on any atom is 0.224 e. The van der Waals surface area contributed by atoms with Crippen molar-refractivity contribution in [3.63, 3.8) is 0 Å². The summed E-state index contributed by atoms with van der Waals surface area (Å²) in [4.78, 5) is 14.1. The minimum absolute atomic E-state index is 0. The molecule has 6 heteroatoms. The molecule has 1 heterocycles. The number of nitrogens with two attached hydrogens (primary N) is 1. The molecule has 0 aliphatic carbocycles. The van der Waals surface area contributed by atoms with Crippen LogP contribution in [-0.4, -0.2) is 43.2 Å². The first-order chi connectivity index (χ1) is 10.2. The van der Waals surface area contributed by atoms with E-state index in [4.69, 9.17) is 10.5 Å². The molecule has 0 unspecified atom stereocenters. The highest BCUT2D eigenvalue weighted by Gasteiger charge is 2.34. The molecule has 0 spiro atoms. The number of benzene rings is 1. The van der Waals surface area contributed by atoms with Crippen LogP contribution in [0, 0.1) is 5.82 Å². The molecule has 2 atom stereocenters. The van der Waals surface area contributed by atoms with Crippen molar-refractivity contribution in [2.24, 2.45) is 5.73 Å². The zero-order chi connectivity index (χ0) is 15.2. The molecule has 0 bridgehead atoms. The fourth-order valence-corrected chi connectivity index (χ4v) is 3.00. The normalized spacial score (nSPS) is 21.3. The molecule has 1 aliphatic rings. The third kappa shape index (κ3) is 4.41. The van der Waals surface area contributed by atoms with Crippen LogP contribution in [0.3, 0.4) is 0 Å². The van der Waals surface area contributed by atoms with Gasteiger partial charge in [-0.05, 0) is 30.9 Å². The van der Waals surface area contributed by atoms with Crippen LogP contribution in [0.2, 0.25) is 0 Å². The average Bonchev–Trinajstić information content (AvgIpc) is 2.50. The number of nitrogens with zero attached hydrogens (tertiary/aromatic N) is 1. The van der Waals surface area contributed by atoms with Crippen LogP contribution in [0.5, 0.6) is 0 Å². The number of ether oxygens (including phenoxy) is 1. The highest BCUT2D eigenvalue weighted by atomic mass is 35.5. The van der Waals surface area contributed by atoms with Gasteiger partial charge in [0.05, 0.1) is 12.1 Å². The Labute approximate surface area is 137 Å². The Hall–Kier alpha value is -1.17. The van der Waals surface area contributed by atoms with E-state index in [1.165, 1.54) is 6.07 Å². The molecule has 1 fully saturated rings. The molecule has 1 saturated heterocycles. The monoisotopic (exact) mass is 330 g/mol. The second-order valence-electron chi connectivity index (χ2n) is 5.41. The first kappa shape index (κ1) is 18.9. The Kier molecular flexibility index (Phi) is 7.79. The van der Waals surface area contributed by atoms with E-state index < -0.39 is 0 Å². The molecule has 0 saturated carbocycles. The maximum atomic E-state index is 13.9. The van der Waals surface area contributed by atoms with Gasteiger partial charge >= 0.3 is 0 Å². The van der Waals surface area contributed by atoms with Gasteiger partial charge in [-0.3, -0.25) is 4.79 Å². The number of methoxy groups -OCH3 is 1. The standard InChI is InChI=1S/C16H23FN2O2.ClH/c1-21-15-7-4-10-19(16(20)8-9-18)14(15)11-12-5-2-3-6-13(12)17;/h2-3,5-6,14-15H,4,7-11,18H2,1H3;1H/t14-,15-;/m0./s1. The third-order valence-corrected chi connectivity index (χ3v) is 4.09. The third-order valence-electron chi connectivity index (χ3n) is 4.09. The van der Waals surface area contributed by atoms with Gasteiger partial charge in [-0.25, -0.2) is 4.39 Å². The van der Waals surface area contributed by atoms with Gasteiger partial charge < -0.3 is 15.4 Å². The van der Waals surface area contributed by atoms with Crippen LogP contribution < -0.4 is 5.73 Å². The number of halogens is 2. The number of likely N-dealkylation sites (tertiary alicyclic amines) is 1. The van der Waals surface area contributed by atoms with Gasteiger partial charge in [0.1, 0.15) is 5.82 Å². The minimum atomic E-state index is -0.232. The van der Waals surface area contributed by atoms with Gasteiger partial charge in [0, 0.05) is 26.6 Å². The Balaban J connectivity index is 0.00000242. The van der Waals surface area contributed by atoms with Gasteiger partial charge in [-0.1, -0.05) is 18.2 Å². The molecular formula is C16H24ClFN2O2. The van der Waals surface area contributed by atoms with Crippen molar-refractivity contribution in [3.05, 3.63) is 35.6 Å². The Morgan fingerprint density at radius 1 is 1.45 bits per heavy atom. The maximum absolute atomic E-state index is 13.9. The molecule has 22 heavy (non-hydrogen) atoms. The number of piperidine rings is 1. The highest BCUT2D eigenvalue weighted by molar-refractivity contribution is 5.85. The molecule has 1 aromatic rings. The number of hydrogen-bond donors (Lipinski definition) is 1. The molecule has 1 aliphatic heterocycles. The van der Waals surface area contributed by atoms with Crippen molar-refractivity contribution in [1.82, 2.24) is 4.90 Å². The molecular weight excluding hydrogens is 307 g/mol. The number of carbonyl (C=O) groups is 1. The molecule has 0 radical (unpaired) electrons. The summed E-state index contributed by atoms with van der Waals surface area (Å²) in [5.41, 5.74) is 6.11. The average molecular weight is 331 g/mol. The fraction of sp³-hybridized carbons (Fsp3) is 0.562. The first-order valence-corrected chi connectivity index (χ1v) is 7.43. The second-order valence-corrected chi connectivity index (χ2v) is 5.41. The first-order valence-electron chi connectivity index (χ1n) is 7.43. The molecule has 4 nitrogen and oxygen atoms in total. The zero-order valence-corrected chi connectivity index (χ0v) is 13.7. The summed E-state index contributed by atoms with van der Waals surface area (Å²) in [6, 6.07) is 6.58. The van der Waals surface area contributed by atoms with Gasteiger partial charge in [-0.15, -0.1) is 12.4 Å². The van der Waals surface area contributed by atoms with Crippen LogP contribution in [-0.2, 0) is 16.0 Å². The summed E-state index contributed by atoms with van der Waals surface area (Å²) in [5.74, 6) is -0.204. The van der Waals surface area contributed by atoms with E-state index in [-0.39, 0.29) is 36.3 Å². The van der Waals surface area contributed by atoms with Crippen molar-refractivity contribution < 1.29 is 13.9 Å². The summed E-state index contributed by atoms with van der Waals surface area (Å²) < 4.78 is 19.4. The predicted octanol–water partition coefficient (Wildman–Crippen LogP) is 2.14. The van der Waals surface area contributed by atoms with Gasteiger partial charge in [0.2, 0.25) is 5.91 Å². The number of hydrogen-bond acceptors (Lipinski definition) is 3. The summed E-state index contributed by atoms with van der Waals surface area (Å²) in [7, 11) is 1.65. The van der Waals surface area contributed by atoms with E-state index in [0.717, 1.165) is 12.8 Å². The van der Waals surface area contributed by atoms with Crippen LogP contribution in [0.1, 0.15) is 24.8 Å². The van der Waals surface area contributed by atoms with E-state index in [0.29, 0.717) is 31.5 Å². The molecule has 2 rings (SSSR count). The van der Waals surface area contributed by atoms with E-state index in [2.05, 4.69) is 0 Å². The second kappa shape index (κ2) is 9.08. The van der Waals surface area contributed by atoms with Crippen LogP contribution >= 0.6 is 12.4 Å². The molecule has 1 amide bonds.